The molecule has 170 valence electrons. The number of primary amides is 1. The number of benzene rings is 3. The van der Waals surface area contributed by atoms with Crippen LogP contribution in [0.5, 0.6) is 5.75 Å². The number of amides is 2. The molecule has 1 heterocycles. The maximum atomic E-state index is 13.0. The Bertz CT molecular complexity index is 1150. The van der Waals surface area contributed by atoms with Crippen LogP contribution in [0, 0.1) is 12.3 Å². The van der Waals surface area contributed by atoms with E-state index in [1.54, 1.807) is 24.1 Å². The zero-order chi connectivity index (χ0) is 23.4. The van der Waals surface area contributed by atoms with Gasteiger partial charge in [0.25, 0.3) is 5.91 Å². The second-order valence-electron chi connectivity index (χ2n) is 8.88. The Morgan fingerprint density at radius 1 is 0.939 bits per heavy atom. The molecule has 1 saturated heterocycles. The molecule has 5 nitrogen and oxygen atoms in total. The van der Waals surface area contributed by atoms with Crippen molar-refractivity contribution in [3.8, 4) is 16.9 Å². The highest BCUT2D eigenvalue weighted by Crippen LogP contribution is 2.36. The standard InChI is InChI=1S/C28H30N2O3/c1-20-6-5-7-23(18-20)22-12-10-21(11-13-22)19-28(27(29)32)14-16-30(17-15-28)26(31)24-8-3-4-9-25(24)33-2/h3-13,18H,14-17,19H2,1-2H3,(H2,29,32). The number of rotatable bonds is 6. The van der Waals surface area contributed by atoms with Crippen LogP contribution >= 0.6 is 0 Å². The van der Waals surface area contributed by atoms with E-state index in [1.165, 1.54) is 11.1 Å². The molecule has 3 aromatic rings. The summed E-state index contributed by atoms with van der Waals surface area (Å²) in [5.74, 6) is 0.186. The summed E-state index contributed by atoms with van der Waals surface area (Å²) in [6.07, 6.45) is 1.67. The molecule has 0 atom stereocenters. The van der Waals surface area contributed by atoms with E-state index < -0.39 is 5.41 Å². The van der Waals surface area contributed by atoms with E-state index in [9.17, 15) is 9.59 Å². The fourth-order valence-corrected chi connectivity index (χ4v) is 4.67. The monoisotopic (exact) mass is 442 g/mol. The first-order valence-electron chi connectivity index (χ1n) is 11.3. The smallest absolute Gasteiger partial charge is 0.257 e. The molecule has 2 N–H and O–H groups in total. The highest BCUT2D eigenvalue weighted by atomic mass is 16.5. The van der Waals surface area contributed by atoms with Gasteiger partial charge in [0.2, 0.25) is 5.91 Å². The highest BCUT2D eigenvalue weighted by Gasteiger charge is 2.41. The van der Waals surface area contributed by atoms with Crippen molar-refractivity contribution in [3.63, 3.8) is 0 Å². The molecule has 33 heavy (non-hydrogen) atoms. The molecule has 1 aliphatic heterocycles. The van der Waals surface area contributed by atoms with Crippen LogP contribution in [0.1, 0.15) is 34.3 Å². The van der Waals surface area contributed by atoms with E-state index in [1.807, 2.05) is 12.1 Å². The van der Waals surface area contributed by atoms with Crippen molar-refractivity contribution in [1.82, 2.24) is 4.90 Å². The first kappa shape index (κ1) is 22.6. The maximum absolute atomic E-state index is 13.0. The van der Waals surface area contributed by atoms with Crippen LogP contribution in [0.2, 0.25) is 0 Å². The van der Waals surface area contributed by atoms with Crippen molar-refractivity contribution in [2.75, 3.05) is 20.2 Å². The lowest BCUT2D eigenvalue weighted by Crippen LogP contribution is -2.49. The summed E-state index contributed by atoms with van der Waals surface area (Å²) in [7, 11) is 1.56. The third-order valence-electron chi connectivity index (χ3n) is 6.72. The predicted molar refractivity (Wildman–Crippen MR) is 130 cm³/mol. The zero-order valence-corrected chi connectivity index (χ0v) is 19.2. The number of hydrogen-bond acceptors (Lipinski definition) is 3. The second kappa shape index (κ2) is 9.49. The Balaban J connectivity index is 1.47. The van der Waals surface area contributed by atoms with Gasteiger partial charge in [-0.25, -0.2) is 0 Å². The number of hydrogen-bond donors (Lipinski definition) is 1. The van der Waals surface area contributed by atoms with Gasteiger partial charge >= 0.3 is 0 Å². The molecule has 0 radical (unpaired) electrons. The Hall–Kier alpha value is -3.60. The molecule has 0 spiro atoms. The van der Waals surface area contributed by atoms with Gasteiger partial charge < -0.3 is 15.4 Å². The van der Waals surface area contributed by atoms with Crippen molar-refractivity contribution in [2.45, 2.75) is 26.2 Å². The van der Waals surface area contributed by atoms with Crippen LogP contribution in [-0.4, -0.2) is 36.9 Å². The molecule has 0 saturated carbocycles. The maximum Gasteiger partial charge on any atom is 0.257 e. The molecule has 1 fully saturated rings. The van der Waals surface area contributed by atoms with Crippen LogP contribution in [0.25, 0.3) is 11.1 Å². The lowest BCUT2D eigenvalue weighted by atomic mass is 9.73. The Morgan fingerprint density at radius 2 is 1.64 bits per heavy atom. The van der Waals surface area contributed by atoms with Gasteiger partial charge in [0, 0.05) is 13.1 Å². The molecular formula is C28H30N2O3. The summed E-state index contributed by atoms with van der Waals surface area (Å²) in [5, 5.41) is 0. The van der Waals surface area contributed by atoms with Crippen LogP contribution in [0.4, 0.5) is 0 Å². The fourth-order valence-electron chi connectivity index (χ4n) is 4.67. The largest absolute Gasteiger partial charge is 0.496 e. The number of nitrogens with two attached hydrogens (primary N) is 1. The van der Waals surface area contributed by atoms with Crippen LogP contribution in [-0.2, 0) is 11.2 Å². The van der Waals surface area contributed by atoms with Crippen molar-refractivity contribution in [2.24, 2.45) is 11.1 Å². The minimum Gasteiger partial charge on any atom is -0.496 e. The Labute approximate surface area is 195 Å². The van der Waals surface area contributed by atoms with E-state index in [2.05, 4.69) is 55.5 Å². The summed E-state index contributed by atoms with van der Waals surface area (Å²) < 4.78 is 5.34. The number of ether oxygens (including phenoxy) is 1. The lowest BCUT2D eigenvalue weighted by molar-refractivity contribution is -0.130. The minimum absolute atomic E-state index is 0.0759. The summed E-state index contributed by atoms with van der Waals surface area (Å²) >= 11 is 0. The molecule has 4 rings (SSSR count). The van der Waals surface area contributed by atoms with Gasteiger partial charge in [-0.15, -0.1) is 0 Å². The number of aryl methyl sites for hydroxylation is 1. The van der Waals surface area contributed by atoms with Gasteiger partial charge in [-0.2, -0.15) is 0 Å². The topological polar surface area (TPSA) is 72.6 Å². The second-order valence-corrected chi connectivity index (χ2v) is 8.88. The number of likely N-dealkylation sites (tertiary alicyclic amines) is 1. The van der Waals surface area contributed by atoms with E-state index in [0.717, 1.165) is 11.1 Å². The average Bonchev–Trinajstić information content (AvgIpc) is 2.84. The van der Waals surface area contributed by atoms with Crippen molar-refractivity contribution < 1.29 is 14.3 Å². The van der Waals surface area contributed by atoms with E-state index in [4.69, 9.17) is 10.5 Å². The van der Waals surface area contributed by atoms with Gasteiger partial charge in [0.15, 0.2) is 0 Å². The van der Waals surface area contributed by atoms with Crippen molar-refractivity contribution >= 4 is 11.8 Å². The average molecular weight is 443 g/mol. The lowest BCUT2D eigenvalue weighted by Gasteiger charge is -2.40. The van der Waals surface area contributed by atoms with Crippen LogP contribution in [0.3, 0.4) is 0 Å². The van der Waals surface area contributed by atoms with E-state index in [0.29, 0.717) is 43.7 Å². The fraction of sp³-hybridized carbons (Fsp3) is 0.286. The minimum atomic E-state index is -0.650. The van der Waals surface area contributed by atoms with Gasteiger partial charge in [0.1, 0.15) is 5.75 Å². The van der Waals surface area contributed by atoms with Gasteiger partial charge in [-0.3, -0.25) is 9.59 Å². The van der Waals surface area contributed by atoms with Gasteiger partial charge in [0.05, 0.1) is 18.1 Å². The Kier molecular flexibility index (Phi) is 6.50. The number of carbonyl (C=O) groups excluding carboxylic acids is 2. The number of piperidine rings is 1. The number of nitrogens with zero attached hydrogens (tertiary/aromatic N) is 1. The Morgan fingerprint density at radius 3 is 2.27 bits per heavy atom. The number of methoxy groups -OCH3 is 1. The zero-order valence-electron chi connectivity index (χ0n) is 19.2. The van der Waals surface area contributed by atoms with E-state index >= 15 is 0 Å². The molecule has 0 unspecified atom stereocenters. The number of para-hydroxylation sites is 1. The molecule has 0 aromatic heterocycles. The summed E-state index contributed by atoms with van der Waals surface area (Å²) in [5.41, 5.74) is 10.4. The number of carbonyl (C=O) groups is 2. The first-order valence-corrected chi connectivity index (χ1v) is 11.3. The first-order chi connectivity index (χ1) is 15.9. The molecule has 2 amide bonds. The molecule has 0 aliphatic carbocycles. The summed E-state index contributed by atoms with van der Waals surface area (Å²) in [6.45, 7) is 3.06. The van der Waals surface area contributed by atoms with Crippen molar-refractivity contribution in [1.29, 1.82) is 0 Å². The summed E-state index contributed by atoms with van der Waals surface area (Å²) in [4.78, 5) is 27.4. The molecule has 5 heteroatoms. The van der Waals surface area contributed by atoms with Crippen LogP contribution in [0.15, 0.2) is 72.8 Å². The van der Waals surface area contributed by atoms with Gasteiger partial charge in [-0.1, -0.05) is 66.2 Å². The third kappa shape index (κ3) is 4.77. The molecule has 0 bridgehead atoms. The molecule has 3 aromatic carbocycles. The third-order valence-corrected chi connectivity index (χ3v) is 6.72. The SMILES string of the molecule is COc1ccccc1C(=O)N1CCC(Cc2ccc(-c3cccc(C)c3)cc2)(C(N)=O)CC1. The highest BCUT2D eigenvalue weighted by molar-refractivity contribution is 5.97. The molecular weight excluding hydrogens is 412 g/mol. The van der Waals surface area contributed by atoms with Crippen LogP contribution < -0.4 is 10.5 Å². The normalized spacial score (nSPS) is 15.2. The predicted octanol–water partition coefficient (Wildman–Crippen LogP) is 4.62. The summed E-state index contributed by atoms with van der Waals surface area (Å²) in [6, 6.07) is 24.0. The van der Waals surface area contributed by atoms with Gasteiger partial charge in [-0.05, 0) is 55.0 Å². The quantitative estimate of drug-likeness (QED) is 0.605. The molecule has 1 aliphatic rings. The van der Waals surface area contributed by atoms with Crippen molar-refractivity contribution in [3.05, 3.63) is 89.5 Å². The van der Waals surface area contributed by atoms with E-state index in [-0.39, 0.29) is 11.8 Å².